The second kappa shape index (κ2) is 7.37. The Morgan fingerprint density at radius 3 is 2.26 bits per heavy atom. The normalized spacial score (nSPS) is 11.1. The minimum Gasteiger partial charge on any atom is -0.289 e. The molecule has 0 aliphatic carbocycles. The van der Waals surface area contributed by atoms with Crippen LogP contribution in [0.25, 0.3) is 11.8 Å². The number of aromatic nitrogens is 2. The molecule has 0 atom stereocenters. The van der Waals surface area contributed by atoms with Crippen LogP contribution in [0.15, 0.2) is 54.6 Å². The van der Waals surface area contributed by atoms with Gasteiger partial charge >= 0.3 is 0 Å². The van der Waals surface area contributed by atoms with Crippen molar-refractivity contribution in [1.29, 1.82) is 0 Å². The number of hydrogen-bond donors (Lipinski definition) is 0. The molecule has 3 rings (SSSR count). The fourth-order valence-electron chi connectivity index (χ4n) is 2.90. The zero-order chi connectivity index (χ0) is 19.6. The highest BCUT2D eigenvalue weighted by Gasteiger charge is 2.18. The first-order chi connectivity index (χ1) is 12.9. The van der Waals surface area contributed by atoms with Gasteiger partial charge in [-0.15, -0.1) is 0 Å². The minimum atomic E-state index is -0.449. The molecule has 136 valence electrons. The maximum atomic E-state index is 12.7. The van der Waals surface area contributed by atoms with Crippen LogP contribution in [-0.4, -0.2) is 20.5 Å². The molecule has 2 aromatic carbocycles. The van der Waals surface area contributed by atoms with Gasteiger partial charge in [0.05, 0.1) is 27.6 Å². The number of rotatable bonds is 5. The topological polar surface area (TPSA) is 78.0 Å². The summed E-state index contributed by atoms with van der Waals surface area (Å²) in [5, 5.41) is 15.2. The maximum absolute atomic E-state index is 12.7. The molecule has 0 N–H and O–H groups in total. The van der Waals surface area contributed by atoms with E-state index in [1.54, 1.807) is 35.9 Å². The number of hydrogen-bond acceptors (Lipinski definition) is 4. The number of non-ortho nitro benzene ring substituents is 1. The number of ketones is 1. The van der Waals surface area contributed by atoms with E-state index in [-0.39, 0.29) is 11.5 Å². The average Bonchev–Trinajstić information content (AvgIpc) is 2.95. The number of nitrogens with zero attached hydrogens (tertiary/aromatic N) is 3. The first kappa shape index (κ1) is 18.3. The summed E-state index contributed by atoms with van der Waals surface area (Å²) in [5.41, 5.74) is 4.64. The van der Waals surface area contributed by atoms with Crippen molar-refractivity contribution in [3.8, 4) is 5.69 Å². The van der Waals surface area contributed by atoms with E-state index in [9.17, 15) is 14.9 Å². The van der Waals surface area contributed by atoms with Gasteiger partial charge in [0.2, 0.25) is 0 Å². The summed E-state index contributed by atoms with van der Waals surface area (Å²) >= 11 is 0. The summed E-state index contributed by atoms with van der Waals surface area (Å²) in [5.74, 6) is -0.126. The molecule has 6 nitrogen and oxygen atoms in total. The van der Waals surface area contributed by atoms with Crippen LogP contribution in [0.4, 0.5) is 5.69 Å². The SMILES string of the molecule is Cc1ccc(C=CC(=O)c2c(C)nn(-c3ccc([N+](=O)[O-])cc3)c2C)cc1. The lowest BCUT2D eigenvalue weighted by Gasteiger charge is -2.04. The van der Waals surface area contributed by atoms with Gasteiger partial charge in [-0.3, -0.25) is 14.9 Å². The fourth-order valence-corrected chi connectivity index (χ4v) is 2.90. The molecule has 0 amide bonds. The van der Waals surface area contributed by atoms with E-state index in [1.807, 2.05) is 38.1 Å². The molecule has 0 unspecified atom stereocenters. The molecule has 0 radical (unpaired) electrons. The molecular formula is C21H19N3O3. The predicted octanol–water partition coefficient (Wildman–Crippen LogP) is 4.60. The number of allylic oxidation sites excluding steroid dienone is 1. The molecule has 1 aromatic heterocycles. The number of carbonyl (C=O) groups is 1. The largest absolute Gasteiger partial charge is 0.289 e. The molecule has 0 spiro atoms. The number of aryl methyl sites for hydroxylation is 2. The number of carbonyl (C=O) groups excluding carboxylic acids is 1. The molecule has 0 aliphatic heterocycles. The highest BCUT2D eigenvalue weighted by atomic mass is 16.6. The van der Waals surface area contributed by atoms with E-state index in [0.29, 0.717) is 22.6 Å². The first-order valence-corrected chi connectivity index (χ1v) is 8.47. The Kier molecular flexibility index (Phi) is 4.98. The number of nitro groups is 1. The van der Waals surface area contributed by atoms with Gasteiger partial charge in [0.15, 0.2) is 5.78 Å². The van der Waals surface area contributed by atoms with Crippen molar-refractivity contribution < 1.29 is 9.72 Å². The van der Waals surface area contributed by atoms with Gasteiger partial charge in [-0.1, -0.05) is 35.9 Å². The zero-order valence-electron chi connectivity index (χ0n) is 15.3. The summed E-state index contributed by atoms with van der Waals surface area (Å²) < 4.78 is 1.63. The lowest BCUT2D eigenvalue weighted by molar-refractivity contribution is -0.384. The van der Waals surface area contributed by atoms with Gasteiger partial charge in [0, 0.05) is 12.1 Å². The van der Waals surface area contributed by atoms with E-state index in [1.165, 1.54) is 12.1 Å². The third kappa shape index (κ3) is 3.84. The lowest BCUT2D eigenvalue weighted by atomic mass is 10.1. The van der Waals surface area contributed by atoms with Gasteiger partial charge in [-0.2, -0.15) is 5.10 Å². The van der Waals surface area contributed by atoms with Crippen molar-refractivity contribution in [1.82, 2.24) is 9.78 Å². The Bertz CT molecular complexity index is 1030. The summed E-state index contributed by atoms with van der Waals surface area (Å²) in [6.07, 6.45) is 3.33. The van der Waals surface area contributed by atoms with Crippen LogP contribution in [0, 0.1) is 30.9 Å². The number of benzene rings is 2. The van der Waals surface area contributed by atoms with Crippen LogP contribution in [0.3, 0.4) is 0 Å². The molecule has 27 heavy (non-hydrogen) atoms. The lowest BCUT2D eigenvalue weighted by Crippen LogP contribution is -2.02. The smallest absolute Gasteiger partial charge is 0.269 e. The van der Waals surface area contributed by atoms with Crippen molar-refractivity contribution >= 4 is 17.5 Å². The molecule has 0 saturated carbocycles. The van der Waals surface area contributed by atoms with Gasteiger partial charge < -0.3 is 0 Å². The molecular weight excluding hydrogens is 342 g/mol. The van der Waals surface area contributed by atoms with E-state index in [0.717, 1.165) is 11.1 Å². The van der Waals surface area contributed by atoms with Crippen molar-refractivity contribution in [2.45, 2.75) is 20.8 Å². The van der Waals surface area contributed by atoms with E-state index in [2.05, 4.69) is 5.10 Å². The molecule has 0 saturated heterocycles. The molecule has 0 bridgehead atoms. The molecule has 0 fully saturated rings. The zero-order valence-corrected chi connectivity index (χ0v) is 15.3. The molecule has 1 heterocycles. The Hall–Kier alpha value is -3.54. The monoisotopic (exact) mass is 361 g/mol. The van der Waals surface area contributed by atoms with Crippen LogP contribution in [0.5, 0.6) is 0 Å². The Balaban J connectivity index is 1.89. The number of nitro benzene ring substituents is 1. The van der Waals surface area contributed by atoms with E-state index in [4.69, 9.17) is 0 Å². The van der Waals surface area contributed by atoms with Crippen molar-refractivity contribution in [3.63, 3.8) is 0 Å². The summed E-state index contributed by atoms with van der Waals surface area (Å²) in [6.45, 7) is 5.61. The minimum absolute atomic E-state index is 0.0117. The van der Waals surface area contributed by atoms with Crippen LogP contribution in [-0.2, 0) is 0 Å². The Morgan fingerprint density at radius 2 is 1.67 bits per heavy atom. The quantitative estimate of drug-likeness (QED) is 0.288. The third-order valence-electron chi connectivity index (χ3n) is 4.35. The first-order valence-electron chi connectivity index (χ1n) is 8.47. The molecule has 6 heteroatoms. The molecule has 3 aromatic rings. The van der Waals surface area contributed by atoms with Crippen LogP contribution in [0.1, 0.15) is 32.9 Å². The van der Waals surface area contributed by atoms with E-state index < -0.39 is 4.92 Å². The second-order valence-electron chi connectivity index (χ2n) is 6.34. The van der Waals surface area contributed by atoms with Gasteiger partial charge in [-0.25, -0.2) is 4.68 Å². The van der Waals surface area contributed by atoms with Gasteiger partial charge in [-0.05, 0) is 44.5 Å². The highest BCUT2D eigenvalue weighted by molar-refractivity contribution is 6.08. The summed E-state index contributed by atoms with van der Waals surface area (Å²) in [7, 11) is 0. The van der Waals surface area contributed by atoms with Gasteiger partial charge in [0.1, 0.15) is 0 Å². The van der Waals surface area contributed by atoms with Crippen LogP contribution < -0.4 is 0 Å². The molecule has 0 aliphatic rings. The maximum Gasteiger partial charge on any atom is 0.269 e. The second-order valence-corrected chi connectivity index (χ2v) is 6.34. The summed E-state index contributed by atoms with van der Waals surface area (Å²) in [6, 6.07) is 14.0. The Labute approximate surface area is 156 Å². The van der Waals surface area contributed by atoms with Gasteiger partial charge in [0.25, 0.3) is 5.69 Å². The highest BCUT2D eigenvalue weighted by Crippen LogP contribution is 2.21. The van der Waals surface area contributed by atoms with Crippen molar-refractivity contribution in [2.24, 2.45) is 0 Å². The van der Waals surface area contributed by atoms with Crippen LogP contribution in [0.2, 0.25) is 0 Å². The van der Waals surface area contributed by atoms with Crippen molar-refractivity contribution in [3.05, 3.63) is 92.8 Å². The van der Waals surface area contributed by atoms with Crippen molar-refractivity contribution in [2.75, 3.05) is 0 Å². The van der Waals surface area contributed by atoms with Crippen LogP contribution >= 0.6 is 0 Å². The summed E-state index contributed by atoms with van der Waals surface area (Å²) in [4.78, 5) is 23.0. The third-order valence-corrected chi connectivity index (χ3v) is 4.35. The fraction of sp³-hybridized carbons (Fsp3) is 0.143. The standard InChI is InChI=1S/C21H19N3O3/c1-14-4-6-17(7-5-14)8-13-20(25)21-15(2)22-23(16(21)3)18-9-11-19(12-10-18)24(26)27/h4-13H,1-3H3. The Morgan fingerprint density at radius 1 is 1.04 bits per heavy atom. The average molecular weight is 361 g/mol. The predicted molar refractivity (Wildman–Crippen MR) is 104 cm³/mol. The van der Waals surface area contributed by atoms with E-state index >= 15 is 0 Å².